The molecule has 0 amide bonds. The maximum atomic E-state index is 10.7. The first-order valence-electron chi connectivity index (χ1n) is 5.65. The van der Waals surface area contributed by atoms with Crippen LogP contribution in [0.15, 0.2) is 24.3 Å². The van der Waals surface area contributed by atoms with Crippen molar-refractivity contribution in [2.75, 3.05) is 0 Å². The van der Waals surface area contributed by atoms with E-state index in [9.17, 15) is 4.79 Å². The molecule has 0 saturated carbocycles. The Morgan fingerprint density at radius 1 is 1.47 bits per heavy atom. The van der Waals surface area contributed by atoms with Gasteiger partial charge < -0.3 is 10.8 Å². The summed E-state index contributed by atoms with van der Waals surface area (Å²) in [6.07, 6.45) is 0.461. The van der Waals surface area contributed by atoms with Gasteiger partial charge in [0.05, 0.1) is 0 Å². The monoisotopic (exact) mass is 255 g/mol. The highest BCUT2D eigenvalue weighted by atomic mass is 35.5. The van der Waals surface area contributed by atoms with Crippen molar-refractivity contribution in [3.8, 4) is 0 Å². The molecule has 0 bridgehead atoms. The molecule has 0 saturated heterocycles. The smallest absolute Gasteiger partial charge is 0.320 e. The summed E-state index contributed by atoms with van der Waals surface area (Å²) in [5, 5.41) is 9.48. The molecule has 3 atom stereocenters. The zero-order valence-electron chi connectivity index (χ0n) is 10.1. The third-order valence-corrected chi connectivity index (χ3v) is 3.41. The van der Waals surface area contributed by atoms with E-state index in [0.29, 0.717) is 11.4 Å². The fraction of sp³-hybridized carbons (Fsp3) is 0.462. The summed E-state index contributed by atoms with van der Waals surface area (Å²) in [6.45, 7) is 4.07. The molecule has 0 fully saturated rings. The van der Waals surface area contributed by atoms with E-state index in [4.69, 9.17) is 22.4 Å². The van der Waals surface area contributed by atoms with Crippen molar-refractivity contribution in [2.24, 2.45) is 11.7 Å². The number of benzene rings is 1. The van der Waals surface area contributed by atoms with E-state index in [-0.39, 0.29) is 11.8 Å². The van der Waals surface area contributed by atoms with Gasteiger partial charge in [-0.15, -0.1) is 0 Å². The number of rotatable bonds is 5. The standard InChI is InChI=1S/C13H18ClNO2/c1-8(6-12(15)13(16)17)9(2)10-4-3-5-11(14)7-10/h3-5,7-9,12H,6,15H2,1-2H3,(H,16,17). The van der Waals surface area contributed by atoms with Crippen molar-refractivity contribution in [3.63, 3.8) is 0 Å². The number of hydrogen-bond acceptors (Lipinski definition) is 2. The molecule has 0 aromatic heterocycles. The lowest BCUT2D eigenvalue weighted by atomic mass is 9.85. The first-order chi connectivity index (χ1) is 7.91. The predicted molar refractivity (Wildman–Crippen MR) is 69.3 cm³/mol. The molecule has 0 spiro atoms. The number of hydrogen-bond donors (Lipinski definition) is 2. The summed E-state index contributed by atoms with van der Waals surface area (Å²) in [7, 11) is 0. The molecule has 4 heteroatoms. The van der Waals surface area contributed by atoms with Gasteiger partial charge in [0.25, 0.3) is 0 Å². The maximum absolute atomic E-state index is 10.7. The summed E-state index contributed by atoms with van der Waals surface area (Å²) < 4.78 is 0. The van der Waals surface area contributed by atoms with Crippen molar-refractivity contribution in [2.45, 2.75) is 32.2 Å². The Bertz CT molecular complexity index is 395. The van der Waals surface area contributed by atoms with E-state index >= 15 is 0 Å². The molecule has 3 unspecified atom stereocenters. The second-order valence-electron chi connectivity index (χ2n) is 4.50. The Hall–Kier alpha value is -1.06. The largest absolute Gasteiger partial charge is 0.480 e. The van der Waals surface area contributed by atoms with Crippen molar-refractivity contribution in [1.29, 1.82) is 0 Å². The third-order valence-electron chi connectivity index (χ3n) is 3.17. The van der Waals surface area contributed by atoms with Gasteiger partial charge in [-0.3, -0.25) is 4.79 Å². The predicted octanol–water partition coefficient (Wildman–Crippen LogP) is 2.88. The molecule has 1 aromatic rings. The molecule has 0 aliphatic carbocycles. The van der Waals surface area contributed by atoms with Crippen molar-refractivity contribution >= 4 is 17.6 Å². The number of aliphatic carboxylic acids is 1. The van der Waals surface area contributed by atoms with Crippen LogP contribution >= 0.6 is 11.6 Å². The van der Waals surface area contributed by atoms with Crippen LogP contribution in [0.4, 0.5) is 0 Å². The molecule has 17 heavy (non-hydrogen) atoms. The minimum atomic E-state index is -0.949. The molecule has 0 aliphatic rings. The van der Waals surface area contributed by atoms with E-state index < -0.39 is 12.0 Å². The number of halogens is 1. The molecule has 3 nitrogen and oxygen atoms in total. The molecule has 0 radical (unpaired) electrons. The first kappa shape index (κ1) is 14.0. The number of carboxylic acid groups (broad SMARTS) is 1. The lowest BCUT2D eigenvalue weighted by molar-refractivity contribution is -0.138. The lowest BCUT2D eigenvalue weighted by Crippen LogP contribution is -2.32. The Kier molecular flexibility index (Phi) is 4.97. The third kappa shape index (κ3) is 4.02. The second-order valence-corrected chi connectivity index (χ2v) is 4.94. The van der Waals surface area contributed by atoms with Crippen LogP contribution in [0.25, 0.3) is 0 Å². The van der Waals surface area contributed by atoms with Crippen LogP contribution in [0.1, 0.15) is 31.7 Å². The summed E-state index contributed by atoms with van der Waals surface area (Å²) >= 11 is 5.93. The van der Waals surface area contributed by atoms with Crippen LogP contribution in [-0.4, -0.2) is 17.1 Å². The van der Waals surface area contributed by atoms with E-state index in [0.717, 1.165) is 5.56 Å². The van der Waals surface area contributed by atoms with E-state index in [1.807, 2.05) is 31.2 Å². The van der Waals surface area contributed by atoms with Crippen LogP contribution in [0.2, 0.25) is 5.02 Å². The molecule has 3 N–H and O–H groups in total. The Morgan fingerprint density at radius 2 is 2.12 bits per heavy atom. The van der Waals surface area contributed by atoms with Crippen LogP contribution in [0, 0.1) is 5.92 Å². The molecule has 0 aliphatic heterocycles. The van der Waals surface area contributed by atoms with Gasteiger partial charge in [0.1, 0.15) is 6.04 Å². The lowest BCUT2D eigenvalue weighted by Gasteiger charge is -2.22. The maximum Gasteiger partial charge on any atom is 0.320 e. The summed E-state index contributed by atoms with van der Waals surface area (Å²) in [5.74, 6) is -0.520. The highest BCUT2D eigenvalue weighted by Gasteiger charge is 2.21. The van der Waals surface area contributed by atoms with Crippen LogP contribution in [0.3, 0.4) is 0 Å². The van der Waals surface area contributed by atoms with E-state index in [1.165, 1.54) is 0 Å². The van der Waals surface area contributed by atoms with Gasteiger partial charge in [-0.05, 0) is 36.0 Å². The SMILES string of the molecule is CC(CC(N)C(=O)O)C(C)c1cccc(Cl)c1. The van der Waals surface area contributed by atoms with Crippen molar-refractivity contribution in [3.05, 3.63) is 34.9 Å². The topological polar surface area (TPSA) is 63.3 Å². The van der Waals surface area contributed by atoms with Gasteiger partial charge in [-0.25, -0.2) is 0 Å². The zero-order valence-corrected chi connectivity index (χ0v) is 10.8. The second kappa shape index (κ2) is 6.03. The number of nitrogens with two attached hydrogens (primary N) is 1. The number of carboxylic acids is 1. The Morgan fingerprint density at radius 3 is 2.65 bits per heavy atom. The van der Waals surface area contributed by atoms with Gasteiger partial charge in [0.2, 0.25) is 0 Å². The fourth-order valence-corrected chi connectivity index (χ4v) is 2.02. The highest BCUT2D eigenvalue weighted by molar-refractivity contribution is 6.30. The Balaban J connectivity index is 2.69. The van der Waals surface area contributed by atoms with Gasteiger partial charge in [0.15, 0.2) is 0 Å². The summed E-state index contributed by atoms with van der Waals surface area (Å²) in [5.41, 5.74) is 6.65. The number of carbonyl (C=O) groups is 1. The highest BCUT2D eigenvalue weighted by Crippen LogP contribution is 2.28. The first-order valence-corrected chi connectivity index (χ1v) is 6.03. The van der Waals surface area contributed by atoms with E-state index in [2.05, 4.69) is 6.92 Å². The van der Waals surface area contributed by atoms with Gasteiger partial charge in [0, 0.05) is 5.02 Å². The molecular formula is C13H18ClNO2. The molecule has 94 valence electrons. The average Bonchev–Trinajstić information content (AvgIpc) is 2.27. The Labute approximate surface area is 107 Å². The zero-order chi connectivity index (χ0) is 13.0. The van der Waals surface area contributed by atoms with Crippen molar-refractivity contribution in [1.82, 2.24) is 0 Å². The molecule has 1 rings (SSSR count). The minimum Gasteiger partial charge on any atom is -0.480 e. The average molecular weight is 256 g/mol. The van der Waals surface area contributed by atoms with Crippen molar-refractivity contribution < 1.29 is 9.90 Å². The van der Waals surface area contributed by atoms with Crippen LogP contribution in [0.5, 0.6) is 0 Å². The summed E-state index contributed by atoms with van der Waals surface area (Å²) in [6, 6.07) is 6.84. The fourth-order valence-electron chi connectivity index (χ4n) is 1.82. The molecular weight excluding hydrogens is 238 g/mol. The van der Waals surface area contributed by atoms with Crippen LogP contribution in [-0.2, 0) is 4.79 Å². The van der Waals surface area contributed by atoms with E-state index in [1.54, 1.807) is 0 Å². The molecule has 0 heterocycles. The summed E-state index contributed by atoms with van der Waals surface area (Å²) in [4.78, 5) is 10.7. The minimum absolute atomic E-state index is 0.194. The van der Waals surface area contributed by atoms with Gasteiger partial charge >= 0.3 is 5.97 Å². The van der Waals surface area contributed by atoms with Gasteiger partial charge in [-0.2, -0.15) is 0 Å². The normalized spacial score (nSPS) is 16.2. The van der Waals surface area contributed by atoms with Crippen LogP contribution < -0.4 is 5.73 Å². The molecule has 1 aromatic carbocycles. The van der Waals surface area contributed by atoms with Gasteiger partial charge in [-0.1, -0.05) is 37.6 Å². The quantitative estimate of drug-likeness (QED) is 0.850.